The summed E-state index contributed by atoms with van der Waals surface area (Å²) in [5.74, 6) is -0.749. The van der Waals surface area contributed by atoms with Crippen molar-refractivity contribution < 1.29 is 18.0 Å². The van der Waals surface area contributed by atoms with Gasteiger partial charge in [-0.1, -0.05) is 0 Å². The third-order valence-corrected chi connectivity index (χ3v) is 3.48. The van der Waals surface area contributed by atoms with Crippen LogP contribution in [0.15, 0.2) is 0 Å². The quantitative estimate of drug-likeness (QED) is 0.562. The molecule has 0 aliphatic carbocycles. The van der Waals surface area contributed by atoms with Gasteiger partial charge in [0.1, 0.15) is 0 Å². The summed E-state index contributed by atoms with van der Waals surface area (Å²) in [5.41, 5.74) is 0. The van der Waals surface area contributed by atoms with E-state index in [1.165, 1.54) is 4.90 Å². The molecular weight excluding hydrogens is 240 g/mol. The van der Waals surface area contributed by atoms with E-state index in [1.54, 1.807) is 18.7 Å². The zero-order valence-corrected chi connectivity index (χ0v) is 10.4. The molecule has 0 aromatic rings. The maximum Gasteiger partial charge on any atom is 0.323 e. The van der Waals surface area contributed by atoms with Crippen LogP contribution in [0.3, 0.4) is 0 Å². The van der Waals surface area contributed by atoms with Gasteiger partial charge in [-0.2, -0.15) is 0 Å². The van der Waals surface area contributed by atoms with E-state index >= 15 is 0 Å². The maximum atomic E-state index is 11.4. The second kappa shape index (κ2) is 5.99. The van der Waals surface area contributed by atoms with E-state index < -0.39 is 16.0 Å². The number of hydrogen-bond donors (Lipinski definition) is 1. The minimum absolute atomic E-state index is 0.284. The highest BCUT2D eigenvalue weighted by Crippen LogP contribution is 1.99. The molecule has 15 heavy (non-hydrogen) atoms. The van der Waals surface area contributed by atoms with Gasteiger partial charge < -0.3 is 9.74 Å². The highest BCUT2D eigenvalue weighted by molar-refractivity contribution is 8.15. The first-order valence-corrected chi connectivity index (χ1v) is 6.22. The van der Waals surface area contributed by atoms with E-state index in [4.69, 9.17) is 12.2 Å². The Labute approximate surface area is 94.6 Å². The molecule has 0 spiro atoms. The fourth-order valence-electron chi connectivity index (χ4n) is 0.801. The molecule has 0 unspecified atom stereocenters. The smallest absolute Gasteiger partial charge is 0.323 e. The fraction of sp³-hybridized carbons (Fsp3) is 0.714. The van der Waals surface area contributed by atoms with Crippen LogP contribution in [0.4, 0.5) is 0 Å². The van der Waals surface area contributed by atoms with Gasteiger partial charge in [-0.3, -0.25) is 4.79 Å². The fourth-order valence-corrected chi connectivity index (χ4v) is 2.06. The molecule has 0 aliphatic heterocycles. The lowest BCUT2D eigenvalue weighted by Gasteiger charge is -2.20. The Morgan fingerprint density at radius 3 is 2.20 bits per heavy atom. The van der Waals surface area contributed by atoms with E-state index in [0.717, 1.165) is 6.92 Å². The van der Waals surface area contributed by atoms with E-state index in [9.17, 15) is 13.2 Å². The summed E-state index contributed by atoms with van der Waals surface area (Å²) in [6.07, 6.45) is 0. The summed E-state index contributed by atoms with van der Waals surface area (Å²) in [5, 5.41) is 0. The molecule has 1 N–H and O–H groups in total. The lowest BCUT2D eigenvalue weighted by atomic mass is 10.6. The van der Waals surface area contributed by atoms with Crippen LogP contribution >= 0.6 is 12.2 Å². The molecule has 0 rings (SSSR count). The molecular formula is C7H14N2O4S2. The summed E-state index contributed by atoms with van der Waals surface area (Å²) in [6, 6.07) is 0. The molecule has 88 valence electrons. The standard InChI is InChI=1S/C7H14N2O4S2/c1-4-9(5-2)7(14)15(11,12)8-13-6(3)10/h8H,4-5H2,1-3H3. The number of hydrogen-bond acceptors (Lipinski definition) is 5. The topological polar surface area (TPSA) is 75.7 Å². The molecule has 0 bridgehead atoms. The van der Waals surface area contributed by atoms with Crippen LogP contribution in [0.25, 0.3) is 0 Å². The second-order valence-electron chi connectivity index (χ2n) is 2.62. The van der Waals surface area contributed by atoms with Gasteiger partial charge in [-0.15, -0.1) is 0 Å². The molecule has 0 amide bonds. The Morgan fingerprint density at radius 1 is 1.40 bits per heavy atom. The average Bonchev–Trinajstić information content (AvgIpc) is 2.16. The molecule has 6 nitrogen and oxygen atoms in total. The first-order chi connectivity index (χ1) is 6.85. The number of thiocarbonyl (C=S) groups is 1. The monoisotopic (exact) mass is 254 g/mol. The SMILES string of the molecule is CCN(CC)C(=S)S(=O)(=O)NOC(C)=O. The summed E-state index contributed by atoms with van der Waals surface area (Å²) in [6.45, 7) is 5.57. The minimum Gasteiger partial charge on any atom is -0.356 e. The Balaban J connectivity index is 4.58. The first-order valence-electron chi connectivity index (χ1n) is 4.33. The van der Waals surface area contributed by atoms with Crippen molar-refractivity contribution in [3.63, 3.8) is 0 Å². The zero-order chi connectivity index (χ0) is 12.1. The van der Waals surface area contributed by atoms with Gasteiger partial charge in [0.25, 0.3) is 10.0 Å². The van der Waals surface area contributed by atoms with Crippen molar-refractivity contribution in [1.82, 2.24) is 9.79 Å². The molecule has 0 atom stereocenters. The van der Waals surface area contributed by atoms with Crippen LogP contribution in [0.2, 0.25) is 0 Å². The van der Waals surface area contributed by atoms with Crippen molar-refractivity contribution in [2.45, 2.75) is 20.8 Å². The van der Waals surface area contributed by atoms with Crippen molar-refractivity contribution in [3.8, 4) is 0 Å². The van der Waals surface area contributed by atoms with Crippen LogP contribution in [0.5, 0.6) is 0 Å². The molecule has 0 radical (unpaired) electrons. The molecule has 0 saturated heterocycles. The van der Waals surface area contributed by atoms with E-state index in [2.05, 4.69) is 4.84 Å². The molecule has 0 aliphatic rings. The van der Waals surface area contributed by atoms with Crippen LogP contribution < -0.4 is 4.89 Å². The number of nitrogens with one attached hydrogen (secondary N) is 1. The molecule has 0 fully saturated rings. The van der Waals surface area contributed by atoms with Crippen LogP contribution in [0, 0.1) is 0 Å². The number of carbonyl (C=O) groups excluding carboxylic acids is 1. The Kier molecular flexibility index (Phi) is 5.69. The normalized spacial score (nSPS) is 10.9. The van der Waals surface area contributed by atoms with Gasteiger partial charge in [0.2, 0.25) is 4.32 Å². The Hall–Kier alpha value is -0.730. The lowest BCUT2D eigenvalue weighted by molar-refractivity contribution is -0.144. The van der Waals surface area contributed by atoms with Gasteiger partial charge in [-0.05, 0) is 31.0 Å². The predicted molar refractivity (Wildman–Crippen MR) is 59.3 cm³/mol. The first kappa shape index (κ1) is 14.3. The minimum atomic E-state index is -3.91. The number of carbonyl (C=O) groups is 1. The van der Waals surface area contributed by atoms with Crippen molar-refractivity contribution in [3.05, 3.63) is 0 Å². The molecule has 0 aromatic heterocycles. The van der Waals surface area contributed by atoms with Gasteiger partial charge in [-0.25, -0.2) is 8.42 Å². The Morgan fingerprint density at radius 2 is 1.87 bits per heavy atom. The van der Waals surface area contributed by atoms with Crippen molar-refractivity contribution in [2.24, 2.45) is 0 Å². The van der Waals surface area contributed by atoms with Crippen LogP contribution in [-0.2, 0) is 19.7 Å². The van der Waals surface area contributed by atoms with E-state index in [1.807, 2.05) is 0 Å². The van der Waals surface area contributed by atoms with Gasteiger partial charge in [0.05, 0.1) is 0 Å². The molecule has 0 heterocycles. The average molecular weight is 254 g/mol. The highest BCUT2D eigenvalue weighted by atomic mass is 32.2. The van der Waals surface area contributed by atoms with E-state index in [-0.39, 0.29) is 4.32 Å². The maximum absolute atomic E-state index is 11.4. The summed E-state index contributed by atoms with van der Waals surface area (Å²) in [4.78, 5) is 17.7. The van der Waals surface area contributed by atoms with Gasteiger partial charge in [0, 0.05) is 20.0 Å². The van der Waals surface area contributed by atoms with Crippen LogP contribution in [0.1, 0.15) is 20.8 Å². The zero-order valence-electron chi connectivity index (χ0n) is 8.81. The Bertz CT molecular complexity index is 335. The van der Waals surface area contributed by atoms with E-state index in [0.29, 0.717) is 13.1 Å². The van der Waals surface area contributed by atoms with Crippen LogP contribution in [-0.4, -0.2) is 36.7 Å². The lowest BCUT2D eigenvalue weighted by Crippen LogP contribution is -2.41. The molecule has 0 saturated carbocycles. The second-order valence-corrected chi connectivity index (χ2v) is 4.82. The summed E-state index contributed by atoms with van der Waals surface area (Å²) < 4.78 is 22.6. The van der Waals surface area contributed by atoms with Gasteiger partial charge in [0.15, 0.2) is 0 Å². The summed E-state index contributed by atoms with van der Waals surface area (Å²) >= 11 is 4.75. The third kappa shape index (κ3) is 4.54. The number of nitrogens with zero attached hydrogens (tertiary/aromatic N) is 1. The molecule has 0 aromatic carbocycles. The largest absolute Gasteiger partial charge is 0.356 e. The van der Waals surface area contributed by atoms with Gasteiger partial charge >= 0.3 is 5.97 Å². The molecule has 8 heteroatoms. The third-order valence-electron chi connectivity index (χ3n) is 1.55. The van der Waals surface area contributed by atoms with Crippen molar-refractivity contribution in [2.75, 3.05) is 13.1 Å². The summed E-state index contributed by atoms with van der Waals surface area (Å²) in [7, 11) is -3.91. The predicted octanol–water partition coefficient (Wildman–Crippen LogP) is 0.0106. The number of rotatable bonds is 4. The van der Waals surface area contributed by atoms with Crippen molar-refractivity contribution >= 4 is 32.5 Å². The van der Waals surface area contributed by atoms with Crippen molar-refractivity contribution in [1.29, 1.82) is 0 Å². The highest BCUT2D eigenvalue weighted by Gasteiger charge is 2.23. The number of sulfonamides is 1.